The van der Waals surface area contributed by atoms with Crippen molar-refractivity contribution in [3.63, 3.8) is 0 Å². The summed E-state index contributed by atoms with van der Waals surface area (Å²) in [5.41, 5.74) is 11.3. The van der Waals surface area contributed by atoms with Crippen molar-refractivity contribution in [1.82, 2.24) is 4.98 Å². The number of aryl methyl sites for hydroxylation is 1. The van der Waals surface area contributed by atoms with E-state index in [9.17, 15) is 9.59 Å². The number of aliphatic carboxylic acids is 1. The van der Waals surface area contributed by atoms with Gasteiger partial charge in [0, 0.05) is 6.20 Å². The zero-order valence-corrected chi connectivity index (χ0v) is 8.59. The van der Waals surface area contributed by atoms with E-state index in [1.807, 2.05) is 0 Å². The van der Waals surface area contributed by atoms with Gasteiger partial charge in [0.2, 0.25) is 0 Å². The molecule has 6 heteroatoms. The maximum absolute atomic E-state index is 11.0. The van der Waals surface area contributed by atoms with E-state index in [1.165, 1.54) is 6.20 Å². The van der Waals surface area contributed by atoms with Crippen molar-refractivity contribution in [2.75, 3.05) is 0 Å². The van der Waals surface area contributed by atoms with E-state index < -0.39 is 17.9 Å². The average molecular weight is 223 g/mol. The second kappa shape index (κ2) is 5.22. The number of hydrogen-bond acceptors (Lipinski definition) is 4. The molecule has 0 fully saturated rings. The summed E-state index contributed by atoms with van der Waals surface area (Å²) in [5, 5.41) is 8.61. The van der Waals surface area contributed by atoms with Crippen LogP contribution in [-0.2, 0) is 11.2 Å². The van der Waals surface area contributed by atoms with Crippen LogP contribution in [0.4, 0.5) is 0 Å². The Morgan fingerprint density at radius 3 is 2.75 bits per heavy atom. The maximum Gasteiger partial charge on any atom is 0.320 e. The van der Waals surface area contributed by atoms with Crippen molar-refractivity contribution in [2.45, 2.75) is 18.9 Å². The van der Waals surface area contributed by atoms with Crippen LogP contribution in [0.1, 0.15) is 22.5 Å². The number of rotatable bonds is 5. The Balaban J connectivity index is 2.74. The summed E-state index contributed by atoms with van der Waals surface area (Å²) in [5.74, 6) is -1.69. The van der Waals surface area contributed by atoms with E-state index in [0.29, 0.717) is 12.0 Å². The summed E-state index contributed by atoms with van der Waals surface area (Å²) in [4.78, 5) is 25.4. The Bertz CT molecular complexity index is 406. The van der Waals surface area contributed by atoms with Gasteiger partial charge in [0.1, 0.15) is 11.7 Å². The lowest BCUT2D eigenvalue weighted by molar-refractivity contribution is -0.138. The molecule has 0 spiro atoms. The number of carbonyl (C=O) groups excluding carboxylic acids is 1. The minimum absolute atomic E-state index is 0.167. The molecule has 0 unspecified atom stereocenters. The summed E-state index contributed by atoms with van der Waals surface area (Å²) in [7, 11) is 0. The number of carbonyl (C=O) groups is 2. The molecule has 0 aliphatic heterocycles. The summed E-state index contributed by atoms with van der Waals surface area (Å²) >= 11 is 0. The van der Waals surface area contributed by atoms with E-state index >= 15 is 0 Å². The van der Waals surface area contributed by atoms with E-state index in [-0.39, 0.29) is 12.1 Å². The van der Waals surface area contributed by atoms with E-state index in [1.54, 1.807) is 12.1 Å². The van der Waals surface area contributed by atoms with Crippen LogP contribution in [0.5, 0.6) is 0 Å². The number of pyridine rings is 1. The van der Waals surface area contributed by atoms with Gasteiger partial charge in [-0.2, -0.15) is 0 Å². The molecule has 1 rings (SSSR count). The third-order valence-corrected chi connectivity index (χ3v) is 2.17. The van der Waals surface area contributed by atoms with E-state index in [2.05, 4.69) is 4.98 Å². The summed E-state index contributed by atoms with van der Waals surface area (Å²) < 4.78 is 0. The highest BCUT2D eigenvalue weighted by molar-refractivity contribution is 5.92. The average Bonchev–Trinajstić information content (AvgIpc) is 2.25. The van der Waals surface area contributed by atoms with E-state index in [0.717, 1.165) is 0 Å². The molecule has 0 aromatic carbocycles. The van der Waals surface area contributed by atoms with Crippen molar-refractivity contribution >= 4 is 11.9 Å². The van der Waals surface area contributed by atoms with Crippen LogP contribution in [0.2, 0.25) is 0 Å². The number of carboxylic acid groups (broad SMARTS) is 1. The number of primary amides is 1. The second-order valence-corrected chi connectivity index (χ2v) is 3.36. The molecule has 1 atom stereocenters. The lowest BCUT2D eigenvalue weighted by atomic mass is 10.0. The summed E-state index contributed by atoms with van der Waals surface area (Å²) in [6, 6.07) is 2.40. The molecule has 0 saturated heterocycles. The first-order valence-corrected chi connectivity index (χ1v) is 4.74. The van der Waals surface area contributed by atoms with Gasteiger partial charge in [-0.25, -0.2) is 0 Å². The number of carboxylic acids is 1. The zero-order chi connectivity index (χ0) is 12.1. The summed E-state index contributed by atoms with van der Waals surface area (Å²) in [6.07, 6.45) is 2.06. The largest absolute Gasteiger partial charge is 0.480 e. The minimum Gasteiger partial charge on any atom is -0.480 e. The highest BCUT2D eigenvalue weighted by Crippen LogP contribution is 2.08. The van der Waals surface area contributed by atoms with Crippen molar-refractivity contribution in [2.24, 2.45) is 11.5 Å². The molecule has 0 bridgehead atoms. The first-order valence-electron chi connectivity index (χ1n) is 4.74. The van der Waals surface area contributed by atoms with Crippen LogP contribution in [-0.4, -0.2) is 28.0 Å². The van der Waals surface area contributed by atoms with Crippen molar-refractivity contribution in [3.05, 3.63) is 29.6 Å². The topological polar surface area (TPSA) is 119 Å². The van der Waals surface area contributed by atoms with Crippen molar-refractivity contribution in [1.29, 1.82) is 0 Å². The Morgan fingerprint density at radius 2 is 2.19 bits per heavy atom. The van der Waals surface area contributed by atoms with Crippen molar-refractivity contribution < 1.29 is 14.7 Å². The van der Waals surface area contributed by atoms with Crippen LogP contribution in [0.3, 0.4) is 0 Å². The van der Waals surface area contributed by atoms with Gasteiger partial charge in [0.05, 0.1) is 0 Å². The Kier molecular flexibility index (Phi) is 3.96. The standard InChI is InChI=1S/C10H13N3O3/c11-7(10(15)16)4-3-6-2-1-5-13-8(6)9(12)14/h1-2,5,7H,3-4,11H2,(H2,12,14)(H,15,16)/t7-/m0/s1. The SMILES string of the molecule is NC(=O)c1ncccc1CC[C@H](N)C(=O)O. The Labute approximate surface area is 92.3 Å². The molecule has 86 valence electrons. The van der Waals surface area contributed by atoms with Gasteiger partial charge in [-0.1, -0.05) is 6.07 Å². The first kappa shape index (κ1) is 12.1. The summed E-state index contributed by atoms with van der Waals surface area (Å²) in [6.45, 7) is 0. The highest BCUT2D eigenvalue weighted by Gasteiger charge is 2.14. The molecule has 1 heterocycles. The molecule has 16 heavy (non-hydrogen) atoms. The van der Waals surface area contributed by atoms with Gasteiger partial charge in [-0.3, -0.25) is 14.6 Å². The molecule has 5 N–H and O–H groups in total. The maximum atomic E-state index is 11.0. The Morgan fingerprint density at radius 1 is 1.50 bits per heavy atom. The predicted molar refractivity (Wildman–Crippen MR) is 56.7 cm³/mol. The first-order chi connectivity index (χ1) is 7.52. The van der Waals surface area contributed by atoms with Gasteiger partial charge in [-0.05, 0) is 24.5 Å². The van der Waals surface area contributed by atoms with Crippen LogP contribution in [0.25, 0.3) is 0 Å². The monoisotopic (exact) mass is 223 g/mol. The normalized spacial score (nSPS) is 12.1. The molecule has 0 aliphatic carbocycles. The lowest BCUT2D eigenvalue weighted by Gasteiger charge is -2.08. The zero-order valence-electron chi connectivity index (χ0n) is 8.59. The molecule has 1 aromatic rings. The van der Waals surface area contributed by atoms with Gasteiger partial charge in [0.15, 0.2) is 0 Å². The minimum atomic E-state index is -1.07. The highest BCUT2D eigenvalue weighted by atomic mass is 16.4. The van der Waals surface area contributed by atoms with E-state index in [4.69, 9.17) is 16.6 Å². The number of nitrogens with zero attached hydrogens (tertiary/aromatic N) is 1. The number of amides is 1. The molecule has 0 saturated carbocycles. The van der Waals surface area contributed by atoms with Crippen LogP contribution in [0, 0.1) is 0 Å². The molecule has 1 amide bonds. The Hall–Kier alpha value is -1.95. The number of hydrogen-bond donors (Lipinski definition) is 3. The third-order valence-electron chi connectivity index (χ3n) is 2.17. The quantitative estimate of drug-likeness (QED) is 0.623. The van der Waals surface area contributed by atoms with Gasteiger partial charge < -0.3 is 16.6 Å². The molecule has 6 nitrogen and oxygen atoms in total. The van der Waals surface area contributed by atoms with Crippen LogP contribution < -0.4 is 11.5 Å². The fraction of sp³-hybridized carbons (Fsp3) is 0.300. The third kappa shape index (κ3) is 3.03. The second-order valence-electron chi connectivity index (χ2n) is 3.36. The fourth-order valence-electron chi connectivity index (χ4n) is 1.30. The van der Waals surface area contributed by atoms with Gasteiger partial charge >= 0.3 is 5.97 Å². The molecule has 0 aliphatic rings. The van der Waals surface area contributed by atoms with Crippen molar-refractivity contribution in [3.8, 4) is 0 Å². The number of aromatic nitrogens is 1. The van der Waals surface area contributed by atoms with Crippen LogP contribution in [0.15, 0.2) is 18.3 Å². The fourth-order valence-corrected chi connectivity index (χ4v) is 1.30. The molecule has 1 aromatic heterocycles. The smallest absolute Gasteiger partial charge is 0.320 e. The van der Waals surface area contributed by atoms with Gasteiger partial charge in [-0.15, -0.1) is 0 Å². The number of nitrogens with two attached hydrogens (primary N) is 2. The predicted octanol–water partition coefficient (Wildman–Crippen LogP) is -0.475. The molecular weight excluding hydrogens is 210 g/mol. The molecular formula is C10H13N3O3. The van der Waals surface area contributed by atoms with Crippen LogP contribution >= 0.6 is 0 Å². The van der Waals surface area contributed by atoms with Gasteiger partial charge in [0.25, 0.3) is 5.91 Å². The lowest BCUT2D eigenvalue weighted by Crippen LogP contribution is -2.30. The molecule has 0 radical (unpaired) electrons.